The Morgan fingerprint density at radius 1 is 1.05 bits per heavy atom. The Morgan fingerprint density at radius 2 is 1.79 bits per heavy atom. The lowest BCUT2D eigenvalue weighted by Gasteiger charge is -2.14. The van der Waals surface area contributed by atoms with Crippen LogP contribution in [0, 0.1) is 18.6 Å². The molecule has 100 valence electrons. The molecule has 0 amide bonds. The molecule has 0 aliphatic heterocycles. The van der Waals surface area contributed by atoms with Gasteiger partial charge in [0.1, 0.15) is 11.6 Å². The monoisotopic (exact) mass is 263 g/mol. The van der Waals surface area contributed by atoms with Crippen molar-refractivity contribution in [1.82, 2.24) is 0 Å². The number of hydrogen-bond donors (Lipinski definition) is 1. The highest BCUT2D eigenvalue weighted by Gasteiger charge is 2.12. The SMILES string of the molecule is Cc1ccc(F)c(Oc2ccc(F)cc2C(C)N)c1. The summed E-state index contributed by atoms with van der Waals surface area (Å²) in [7, 11) is 0. The number of nitrogens with two attached hydrogens (primary N) is 1. The van der Waals surface area contributed by atoms with E-state index >= 15 is 0 Å². The van der Waals surface area contributed by atoms with Gasteiger partial charge in [-0.05, 0) is 49.7 Å². The summed E-state index contributed by atoms with van der Waals surface area (Å²) in [5.41, 5.74) is 7.14. The highest BCUT2D eigenvalue weighted by Crippen LogP contribution is 2.31. The molecule has 0 bridgehead atoms. The van der Waals surface area contributed by atoms with Gasteiger partial charge in [0, 0.05) is 11.6 Å². The van der Waals surface area contributed by atoms with Crippen LogP contribution in [0.3, 0.4) is 0 Å². The summed E-state index contributed by atoms with van der Waals surface area (Å²) in [5, 5.41) is 0. The highest BCUT2D eigenvalue weighted by molar-refractivity contribution is 5.41. The van der Waals surface area contributed by atoms with Gasteiger partial charge in [0.05, 0.1) is 0 Å². The van der Waals surface area contributed by atoms with Crippen molar-refractivity contribution in [3.63, 3.8) is 0 Å². The number of aryl methyl sites for hydroxylation is 1. The molecule has 0 spiro atoms. The molecule has 4 heteroatoms. The molecular weight excluding hydrogens is 248 g/mol. The van der Waals surface area contributed by atoms with Crippen LogP contribution in [0.4, 0.5) is 8.78 Å². The topological polar surface area (TPSA) is 35.2 Å². The zero-order chi connectivity index (χ0) is 14.0. The minimum Gasteiger partial charge on any atom is -0.454 e. The molecular formula is C15H15F2NO. The van der Waals surface area contributed by atoms with Crippen molar-refractivity contribution in [2.24, 2.45) is 5.73 Å². The zero-order valence-corrected chi connectivity index (χ0v) is 10.8. The Hall–Kier alpha value is -1.94. The largest absolute Gasteiger partial charge is 0.454 e. The van der Waals surface area contributed by atoms with Crippen molar-refractivity contribution in [1.29, 1.82) is 0 Å². The summed E-state index contributed by atoms with van der Waals surface area (Å²) in [5.74, 6) is -0.399. The lowest BCUT2D eigenvalue weighted by Crippen LogP contribution is -2.07. The molecule has 0 heterocycles. The molecule has 2 aromatic rings. The predicted octanol–water partition coefficient (Wildman–Crippen LogP) is 4.09. The van der Waals surface area contributed by atoms with E-state index in [0.717, 1.165) is 5.56 Å². The Kier molecular flexibility index (Phi) is 3.81. The van der Waals surface area contributed by atoms with E-state index in [2.05, 4.69) is 0 Å². The van der Waals surface area contributed by atoms with E-state index in [1.807, 2.05) is 6.92 Å². The minimum atomic E-state index is -0.467. The summed E-state index contributed by atoms with van der Waals surface area (Å²) in [6.07, 6.45) is 0. The van der Waals surface area contributed by atoms with E-state index in [1.54, 1.807) is 19.1 Å². The zero-order valence-electron chi connectivity index (χ0n) is 10.8. The molecule has 0 aromatic heterocycles. The summed E-state index contributed by atoms with van der Waals surface area (Å²) >= 11 is 0. The fourth-order valence-corrected chi connectivity index (χ4v) is 1.78. The average molecular weight is 263 g/mol. The lowest BCUT2D eigenvalue weighted by molar-refractivity contribution is 0.433. The van der Waals surface area contributed by atoms with Gasteiger partial charge < -0.3 is 10.5 Å². The van der Waals surface area contributed by atoms with Gasteiger partial charge in [-0.25, -0.2) is 8.78 Å². The van der Waals surface area contributed by atoms with Gasteiger partial charge in [0.15, 0.2) is 11.6 Å². The first-order chi connectivity index (χ1) is 8.97. The van der Waals surface area contributed by atoms with Crippen LogP contribution in [-0.2, 0) is 0 Å². The second-order valence-corrected chi connectivity index (χ2v) is 4.51. The maximum Gasteiger partial charge on any atom is 0.165 e. The van der Waals surface area contributed by atoms with Crippen LogP contribution >= 0.6 is 0 Å². The van der Waals surface area contributed by atoms with E-state index < -0.39 is 17.7 Å². The number of benzene rings is 2. The van der Waals surface area contributed by atoms with Crippen LogP contribution in [0.15, 0.2) is 36.4 Å². The second-order valence-electron chi connectivity index (χ2n) is 4.51. The summed E-state index contributed by atoms with van der Waals surface area (Å²) in [6.45, 7) is 3.55. The lowest BCUT2D eigenvalue weighted by atomic mass is 10.1. The Morgan fingerprint density at radius 3 is 2.47 bits per heavy atom. The number of rotatable bonds is 3. The predicted molar refractivity (Wildman–Crippen MR) is 70.2 cm³/mol. The molecule has 1 unspecified atom stereocenters. The third-order valence-corrected chi connectivity index (χ3v) is 2.77. The smallest absolute Gasteiger partial charge is 0.165 e. The molecule has 2 N–H and O–H groups in total. The number of halogens is 2. The standard InChI is InChI=1S/C15H15F2NO/c1-9-3-5-13(17)15(7-9)19-14-6-4-11(16)8-12(14)10(2)18/h3-8,10H,18H2,1-2H3. The molecule has 0 aliphatic rings. The van der Waals surface area contributed by atoms with Crippen molar-refractivity contribution >= 4 is 0 Å². The van der Waals surface area contributed by atoms with Crippen LogP contribution in [0.2, 0.25) is 0 Å². The first-order valence-corrected chi connectivity index (χ1v) is 5.96. The molecule has 0 radical (unpaired) electrons. The minimum absolute atomic E-state index is 0.105. The van der Waals surface area contributed by atoms with Gasteiger partial charge in [-0.2, -0.15) is 0 Å². The molecule has 0 aliphatic carbocycles. The molecule has 0 saturated heterocycles. The Balaban J connectivity index is 2.40. The maximum atomic E-state index is 13.6. The highest BCUT2D eigenvalue weighted by atomic mass is 19.1. The van der Waals surface area contributed by atoms with Gasteiger partial charge in [-0.1, -0.05) is 6.07 Å². The average Bonchev–Trinajstić information content (AvgIpc) is 2.35. The van der Waals surface area contributed by atoms with Gasteiger partial charge in [-0.15, -0.1) is 0 Å². The van der Waals surface area contributed by atoms with Gasteiger partial charge in [-0.3, -0.25) is 0 Å². The van der Waals surface area contributed by atoms with Crippen LogP contribution in [0.25, 0.3) is 0 Å². The van der Waals surface area contributed by atoms with Crippen LogP contribution in [0.1, 0.15) is 24.1 Å². The second kappa shape index (κ2) is 5.36. The Labute approximate surface area is 110 Å². The third kappa shape index (κ3) is 3.09. The maximum absolute atomic E-state index is 13.6. The normalized spacial score (nSPS) is 12.3. The molecule has 2 nitrogen and oxygen atoms in total. The summed E-state index contributed by atoms with van der Waals surface area (Å²) < 4.78 is 32.4. The van der Waals surface area contributed by atoms with E-state index in [0.29, 0.717) is 11.3 Å². The van der Waals surface area contributed by atoms with Gasteiger partial charge in [0.25, 0.3) is 0 Å². The molecule has 19 heavy (non-hydrogen) atoms. The van der Waals surface area contributed by atoms with Crippen molar-refractivity contribution < 1.29 is 13.5 Å². The summed E-state index contributed by atoms with van der Waals surface area (Å²) in [4.78, 5) is 0. The van der Waals surface area contributed by atoms with E-state index in [-0.39, 0.29) is 5.75 Å². The van der Waals surface area contributed by atoms with Crippen LogP contribution in [0.5, 0.6) is 11.5 Å². The third-order valence-electron chi connectivity index (χ3n) is 2.77. The van der Waals surface area contributed by atoms with E-state index in [1.165, 1.54) is 24.3 Å². The molecule has 0 fully saturated rings. The van der Waals surface area contributed by atoms with Crippen LogP contribution in [-0.4, -0.2) is 0 Å². The molecule has 1 atom stereocenters. The molecule has 2 rings (SSSR count). The number of ether oxygens (including phenoxy) is 1. The quantitative estimate of drug-likeness (QED) is 0.905. The van der Waals surface area contributed by atoms with Crippen molar-refractivity contribution in [3.8, 4) is 11.5 Å². The van der Waals surface area contributed by atoms with Gasteiger partial charge in [0.2, 0.25) is 0 Å². The first-order valence-electron chi connectivity index (χ1n) is 5.96. The van der Waals surface area contributed by atoms with Crippen molar-refractivity contribution in [2.45, 2.75) is 19.9 Å². The molecule has 2 aromatic carbocycles. The number of hydrogen-bond acceptors (Lipinski definition) is 2. The molecule has 0 saturated carbocycles. The fourth-order valence-electron chi connectivity index (χ4n) is 1.78. The fraction of sp³-hybridized carbons (Fsp3) is 0.200. The van der Waals surface area contributed by atoms with E-state index in [4.69, 9.17) is 10.5 Å². The van der Waals surface area contributed by atoms with Crippen LogP contribution < -0.4 is 10.5 Å². The Bertz CT molecular complexity index is 597. The first kappa shape index (κ1) is 13.5. The van der Waals surface area contributed by atoms with E-state index in [9.17, 15) is 8.78 Å². The van der Waals surface area contributed by atoms with Crippen molar-refractivity contribution in [2.75, 3.05) is 0 Å². The van der Waals surface area contributed by atoms with Crippen molar-refractivity contribution in [3.05, 3.63) is 59.2 Å². The van der Waals surface area contributed by atoms with Gasteiger partial charge >= 0.3 is 0 Å². The summed E-state index contributed by atoms with van der Waals surface area (Å²) in [6, 6.07) is 8.18.